The molecular formula is C27H39ClN2O2. The smallest absolute Gasteiger partial charge is 0.226 e. The summed E-state index contributed by atoms with van der Waals surface area (Å²) in [7, 11) is 0. The highest BCUT2D eigenvalue weighted by molar-refractivity contribution is 6.24. The molecule has 0 heterocycles. The molecule has 5 rings (SSSR count). The number of amides is 2. The third-order valence-corrected chi connectivity index (χ3v) is 8.55. The Morgan fingerprint density at radius 1 is 1.00 bits per heavy atom. The Balaban J connectivity index is 1.27. The lowest BCUT2D eigenvalue weighted by atomic mass is 9.49. The maximum atomic E-state index is 13.1. The molecule has 1 aromatic rings. The first kappa shape index (κ1) is 23.6. The largest absolute Gasteiger partial charge is 0.354 e. The van der Waals surface area contributed by atoms with Crippen LogP contribution < -0.4 is 10.6 Å². The van der Waals surface area contributed by atoms with Gasteiger partial charge in [0.25, 0.3) is 0 Å². The third-order valence-electron chi connectivity index (χ3n) is 8.10. The molecule has 2 N–H and O–H groups in total. The van der Waals surface area contributed by atoms with Crippen LogP contribution in [0.1, 0.15) is 81.5 Å². The predicted octanol–water partition coefficient (Wildman–Crippen LogP) is 4.95. The molecule has 0 aliphatic heterocycles. The van der Waals surface area contributed by atoms with Crippen LogP contribution in [0.25, 0.3) is 0 Å². The molecule has 0 radical (unpaired) electrons. The zero-order chi connectivity index (χ0) is 23.3. The van der Waals surface area contributed by atoms with Crippen LogP contribution >= 0.6 is 11.6 Å². The molecule has 32 heavy (non-hydrogen) atoms. The summed E-state index contributed by atoms with van der Waals surface area (Å²) in [6.45, 7) is 11.7. The molecule has 5 heteroatoms. The van der Waals surface area contributed by atoms with E-state index in [0.717, 1.165) is 48.8 Å². The number of halogens is 1. The van der Waals surface area contributed by atoms with Gasteiger partial charge in [0.05, 0.1) is 11.8 Å². The lowest BCUT2D eigenvalue weighted by Crippen LogP contribution is -2.58. The number of carbonyl (C=O) groups excluding carboxylic acids is 2. The highest BCUT2D eigenvalue weighted by atomic mass is 35.5. The second-order valence-electron chi connectivity index (χ2n) is 12.0. The summed E-state index contributed by atoms with van der Waals surface area (Å²) in [5.74, 6) is 1.37. The van der Waals surface area contributed by atoms with Gasteiger partial charge >= 0.3 is 0 Å². The van der Waals surface area contributed by atoms with Crippen LogP contribution in [-0.4, -0.2) is 29.8 Å². The van der Waals surface area contributed by atoms with Crippen molar-refractivity contribution in [1.82, 2.24) is 10.6 Å². The number of aryl methyl sites for hydroxylation is 2. The Kier molecular flexibility index (Phi) is 6.15. The minimum absolute atomic E-state index is 0.00322. The van der Waals surface area contributed by atoms with Crippen molar-refractivity contribution in [2.45, 2.75) is 89.9 Å². The standard InChI is InChI=1S/C27H39ClN2O2/c1-17-8-21(25(3,4)5)9-18(2)22(17)11-23(31)29-6-7-30-24(32)26-12-19-10-20(13-26)15-27(28,14-19)16-26/h8-9,19-20H,6-7,10-16H2,1-5H3,(H,29,31)(H,30,32)/t19-,20+,26?,27?. The summed E-state index contributed by atoms with van der Waals surface area (Å²) in [6, 6.07) is 4.40. The second-order valence-corrected chi connectivity index (χ2v) is 12.8. The molecule has 4 aliphatic carbocycles. The lowest BCUT2D eigenvalue weighted by Gasteiger charge is -2.59. The Morgan fingerprint density at radius 3 is 2.09 bits per heavy atom. The van der Waals surface area contributed by atoms with Crippen LogP contribution in [0.3, 0.4) is 0 Å². The van der Waals surface area contributed by atoms with E-state index in [1.54, 1.807) is 0 Å². The molecule has 4 fully saturated rings. The van der Waals surface area contributed by atoms with Gasteiger partial charge in [-0.1, -0.05) is 32.9 Å². The highest BCUT2D eigenvalue weighted by Gasteiger charge is 2.59. The molecule has 4 nitrogen and oxygen atoms in total. The molecule has 4 aliphatic rings. The van der Waals surface area contributed by atoms with Gasteiger partial charge < -0.3 is 10.6 Å². The van der Waals surface area contributed by atoms with Gasteiger partial charge in [0.1, 0.15) is 0 Å². The average molecular weight is 459 g/mol. The summed E-state index contributed by atoms with van der Waals surface area (Å²) < 4.78 is 0. The van der Waals surface area contributed by atoms with Crippen molar-refractivity contribution in [3.8, 4) is 0 Å². The summed E-state index contributed by atoms with van der Waals surface area (Å²) >= 11 is 6.87. The average Bonchev–Trinajstić information content (AvgIpc) is 2.65. The molecule has 1 aromatic carbocycles. The number of carbonyl (C=O) groups is 2. The molecule has 176 valence electrons. The van der Waals surface area contributed by atoms with E-state index in [1.165, 1.54) is 12.0 Å². The summed E-state index contributed by atoms with van der Waals surface area (Å²) in [4.78, 5) is 25.5. The van der Waals surface area contributed by atoms with Crippen molar-refractivity contribution in [1.29, 1.82) is 0 Å². The Hall–Kier alpha value is -1.55. The molecule has 0 saturated heterocycles. The SMILES string of the molecule is Cc1cc(C(C)(C)C)cc(C)c1CC(=O)NCCNC(=O)C12C[C@@H]3C[C@@H](CC(Cl)(C3)C1)C2. The topological polar surface area (TPSA) is 58.2 Å². The molecule has 2 amide bonds. The Labute approximate surface area is 198 Å². The molecule has 4 bridgehead atoms. The van der Waals surface area contributed by atoms with Gasteiger partial charge in [-0.05, 0) is 91.9 Å². The lowest BCUT2D eigenvalue weighted by molar-refractivity contribution is -0.144. The van der Waals surface area contributed by atoms with Crippen LogP contribution in [0.15, 0.2) is 12.1 Å². The first-order valence-electron chi connectivity index (χ1n) is 12.2. The fourth-order valence-electron chi connectivity index (χ4n) is 6.91. The fourth-order valence-corrected chi connectivity index (χ4v) is 7.60. The number of rotatable bonds is 6. The van der Waals surface area contributed by atoms with Gasteiger partial charge in [-0.15, -0.1) is 11.6 Å². The van der Waals surface area contributed by atoms with Crippen molar-refractivity contribution in [2.24, 2.45) is 17.3 Å². The van der Waals surface area contributed by atoms with Crippen molar-refractivity contribution in [3.05, 3.63) is 34.4 Å². The van der Waals surface area contributed by atoms with Crippen LogP contribution in [0, 0.1) is 31.1 Å². The summed E-state index contributed by atoms with van der Waals surface area (Å²) in [5.41, 5.74) is 4.53. The normalized spacial score (nSPS) is 30.9. The van der Waals surface area contributed by atoms with Crippen molar-refractivity contribution < 1.29 is 9.59 Å². The number of benzene rings is 1. The number of nitrogens with one attached hydrogen (secondary N) is 2. The van der Waals surface area contributed by atoms with E-state index < -0.39 is 0 Å². The van der Waals surface area contributed by atoms with Gasteiger partial charge in [-0.2, -0.15) is 0 Å². The van der Waals surface area contributed by atoms with Crippen molar-refractivity contribution in [2.75, 3.05) is 13.1 Å². The Bertz CT molecular complexity index is 880. The first-order valence-corrected chi connectivity index (χ1v) is 12.6. The molecule has 2 unspecified atom stereocenters. The summed E-state index contributed by atoms with van der Waals surface area (Å²) in [5, 5.41) is 6.10. The Morgan fingerprint density at radius 2 is 1.56 bits per heavy atom. The highest BCUT2D eigenvalue weighted by Crippen LogP contribution is 2.63. The molecule has 0 aromatic heterocycles. The summed E-state index contributed by atoms with van der Waals surface area (Å²) in [6.07, 6.45) is 6.55. The quantitative estimate of drug-likeness (QED) is 0.467. The monoisotopic (exact) mass is 458 g/mol. The van der Waals surface area contributed by atoms with E-state index in [-0.39, 0.29) is 27.5 Å². The van der Waals surface area contributed by atoms with Gasteiger partial charge in [0, 0.05) is 18.0 Å². The number of hydrogen-bond donors (Lipinski definition) is 2. The first-order chi connectivity index (χ1) is 14.9. The van der Waals surface area contributed by atoms with Gasteiger partial charge in [-0.3, -0.25) is 9.59 Å². The van der Waals surface area contributed by atoms with E-state index in [2.05, 4.69) is 57.4 Å². The van der Waals surface area contributed by atoms with Crippen molar-refractivity contribution >= 4 is 23.4 Å². The third kappa shape index (κ3) is 4.71. The van der Waals surface area contributed by atoms with Crippen LogP contribution in [0.5, 0.6) is 0 Å². The minimum Gasteiger partial charge on any atom is -0.354 e. The van der Waals surface area contributed by atoms with Crippen molar-refractivity contribution in [3.63, 3.8) is 0 Å². The molecule has 0 spiro atoms. The second kappa shape index (κ2) is 8.34. The maximum absolute atomic E-state index is 13.1. The van der Waals surface area contributed by atoms with E-state index in [4.69, 9.17) is 11.6 Å². The van der Waals surface area contributed by atoms with Gasteiger partial charge in [-0.25, -0.2) is 0 Å². The fraction of sp³-hybridized carbons (Fsp3) is 0.704. The minimum atomic E-state index is -0.279. The van der Waals surface area contributed by atoms with Crippen LogP contribution in [0.2, 0.25) is 0 Å². The zero-order valence-electron chi connectivity index (χ0n) is 20.4. The van der Waals surface area contributed by atoms with Gasteiger partial charge in [0.2, 0.25) is 11.8 Å². The predicted molar refractivity (Wildman–Crippen MR) is 130 cm³/mol. The number of hydrogen-bond acceptors (Lipinski definition) is 2. The molecular weight excluding hydrogens is 420 g/mol. The maximum Gasteiger partial charge on any atom is 0.226 e. The molecule has 4 saturated carbocycles. The van der Waals surface area contributed by atoms with Crippen LogP contribution in [-0.2, 0) is 21.4 Å². The van der Waals surface area contributed by atoms with E-state index in [0.29, 0.717) is 31.3 Å². The van der Waals surface area contributed by atoms with E-state index in [1.807, 2.05) is 0 Å². The van der Waals surface area contributed by atoms with E-state index >= 15 is 0 Å². The van der Waals surface area contributed by atoms with Crippen LogP contribution in [0.4, 0.5) is 0 Å². The zero-order valence-corrected chi connectivity index (χ0v) is 21.1. The van der Waals surface area contributed by atoms with Gasteiger partial charge in [0.15, 0.2) is 0 Å². The van der Waals surface area contributed by atoms with E-state index in [9.17, 15) is 9.59 Å². The molecule has 4 atom stereocenters. The number of alkyl halides is 1.